The van der Waals surface area contributed by atoms with Crippen molar-refractivity contribution in [2.75, 3.05) is 13.7 Å². The van der Waals surface area contributed by atoms with Crippen molar-refractivity contribution < 1.29 is 19.4 Å². The van der Waals surface area contributed by atoms with Gasteiger partial charge in [0.25, 0.3) is 0 Å². The molecule has 6 heteroatoms. The van der Waals surface area contributed by atoms with Crippen LogP contribution >= 0.6 is 0 Å². The highest BCUT2D eigenvalue weighted by molar-refractivity contribution is 5.88. The number of esters is 1. The maximum absolute atomic E-state index is 12.7. The molecule has 2 N–H and O–H groups in total. The Balaban J connectivity index is 1.68. The summed E-state index contributed by atoms with van der Waals surface area (Å²) in [6.45, 7) is 0.187. The number of rotatable bonds is 3. The Morgan fingerprint density at radius 1 is 1.26 bits per heavy atom. The van der Waals surface area contributed by atoms with Gasteiger partial charge in [0.1, 0.15) is 6.04 Å². The summed E-state index contributed by atoms with van der Waals surface area (Å²) in [6, 6.07) is 9.16. The first kappa shape index (κ1) is 16.0. The molecule has 0 aromatic heterocycles. The number of hydrogen-bond acceptors (Lipinski definition) is 5. The third kappa shape index (κ3) is 3.23. The summed E-state index contributed by atoms with van der Waals surface area (Å²) in [4.78, 5) is 26.0. The van der Waals surface area contributed by atoms with E-state index in [1.165, 1.54) is 12.0 Å². The largest absolute Gasteiger partial charge is 0.467 e. The molecular weight excluding hydrogens is 296 g/mol. The Labute approximate surface area is 135 Å². The molecule has 0 spiro atoms. The molecule has 0 radical (unpaired) electrons. The first-order chi connectivity index (χ1) is 11.1. The molecule has 1 amide bonds. The SMILES string of the molecule is COC(=O)[C@@H]1C[C@@H](O)CN1C(=O)[C@H]1CC[C@H](c2ccccc2)N1. The first-order valence-electron chi connectivity index (χ1n) is 7.97. The van der Waals surface area contributed by atoms with E-state index in [4.69, 9.17) is 4.74 Å². The third-order valence-corrected chi connectivity index (χ3v) is 4.68. The maximum Gasteiger partial charge on any atom is 0.328 e. The highest BCUT2D eigenvalue weighted by atomic mass is 16.5. The summed E-state index contributed by atoms with van der Waals surface area (Å²) >= 11 is 0. The zero-order valence-corrected chi connectivity index (χ0v) is 13.1. The monoisotopic (exact) mass is 318 g/mol. The second-order valence-electron chi connectivity index (χ2n) is 6.18. The highest BCUT2D eigenvalue weighted by Crippen LogP contribution is 2.29. The summed E-state index contributed by atoms with van der Waals surface area (Å²) in [5.74, 6) is -0.595. The average molecular weight is 318 g/mol. The van der Waals surface area contributed by atoms with Crippen molar-refractivity contribution in [3.05, 3.63) is 35.9 Å². The maximum atomic E-state index is 12.7. The molecule has 0 bridgehead atoms. The van der Waals surface area contributed by atoms with Crippen molar-refractivity contribution >= 4 is 11.9 Å². The normalized spacial score (nSPS) is 30.4. The fraction of sp³-hybridized carbons (Fsp3) is 0.529. The lowest BCUT2D eigenvalue weighted by Gasteiger charge is -2.26. The van der Waals surface area contributed by atoms with Gasteiger partial charge in [0.2, 0.25) is 5.91 Å². The average Bonchev–Trinajstić information content (AvgIpc) is 3.21. The smallest absolute Gasteiger partial charge is 0.328 e. The molecule has 2 saturated heterocycles. The van der Waals surface area contributed by atoms with Crippen LogP contribution in [0.25, 0.3) is 0 Å². The van der Waals surface area contributed by atoms with Crippen molar-refractivity contribution in [3.8, 4) is 0 Å². The molecular formula is C17H22N2O4. The Bertz CT molecular complexity index is 577. The van der Waals surface area contributed by atoms with E-state index in [1.807, 2.05) is 30.3 Å². The van der Waals surface area contributed by atoms with Gasteiger partial charge in [0, 0.05) is 19.0 Å². The van der Waals surface area contributed by atoms with E-state index >= 15 is 0 Å². The van der Waals surface area contributed by atoms with Crippen LogP contribution in [0.4, 0.5) is 0 Å². The lowest BCUT2D eigenvalue weighted by atomic mass is 10.1. The van der Waals surface area contributed by atoms with Gasteiger partial charge in [-0.1, -0.05) is 30.3 Å². The van der Waals surface area contributed by atoms with Crippen molar-refractivity contribution in [1.29, 1.82) is 0 Å². The van der Waals surface area contributed by atoms with Crippen LogP contribution in [0.2, 0.25) is 0 Å². The molecule has 4 atom stereocenters. The zero-order valence-electron chi connectivity index (χ0n) is 13.1. The summed E-state index contributed by atoms with van der Waals surface area (Å²) in [5.41, 5.74) is 1.16. The zero-order chi connectivity index (χ0) is 16.4. The highest BCUT2D eigenvalue weighted by Gasteiger charge is 2.43. The number of methoxy groups -OCH3 is 1. The van der Waals surface area contributed by atoms with Gasteiger partial charge < -0.3 is 14.7 Å². The molecule has 1 aromatic rings. The minimum absolute atomic E-state index is 0.129. The number of nitrogens with one attached hydrogen (secondary N) is 1. The van der Waals surface area contributed by atoms with Crippen molar-refractivity contribution in [2.24, 2.45) is 0 Å². The summed E-state index contributed by atoms with van der Waals surface area (Å²) in [7, 11) is 1.30. The Morgan fingerprint density at radius 3 is 2.70 bits per heavy atom. The number of ether oxygens (including phenoxy) is 1. The molecule has 2 aliphatic rings. The predicted octanol–water partition coefficient (Wildman–Crippen LogP) is 0.614. The lowest BCUT2D eigenvalue weighted by molar-refractivity contribution is -0.151. The quantitative estimate of drug-likeness (QED) is 0.799. The molecule has 0 aliphatic carbocycles. The minimum Gasteiger partial charge on any atom is -0.467 e. The molecule has 2 fully saturated rings. The standard InChI is InChI=1S/C17H22N2O4/c1-23-17(22)15-9-12(20)10-19(15)16(21)14-8-7-13(18-14)11-5-3-2-4-6-11/h2-6,12-15,18,20H,7-10H2,1H3/t12-,13-,14-,15+/m1/s1. The third-order valence-electron chi connectivity index (χ3n) is 4.68. The van der Waals surface area contributed by atoms with E-state index in [-0.39, 0.29) is 31.0 Å². The fourth-order valence-electron chi connectivity index (χ4n) is 3.50. The second kappa shape index (κ2) is 6.68. The van der Waals surface area contributed by atoms with Gasteiger partial charge in [-0.05, 0) is 18.4 Å². The molecule has 0 saturated carbocycles. The molecule has 1 aromatic carbocycles. The number of benzene rings is 1. The summed E-state index contributed by atoms with van der Waals surface area (Å²) in [5, 5.41) is 13.2. The number of hydrogen-bond donors (Lipinski definition) is 2. The van der Waals surface area contributed by atoms with Crippen LogP contribution in [0.15, 0.2) is 30.3 Å². The second-order valence-corrected chi connectivity index (χ2v) is 6.18. The number of β-amino-alcohol motifs (C(OH)–C–C–N with tert-alkyl or cyclic N) is 1. The van der Waals surface area contributed by atoms with E-state index in [1.54, 1.807) is 0 Å². The van der Waals surface area contributed by atoms with Crippen molar-refractivity contribution in [1.82, 2.24) is 10.2 Å². The van der Waals surface area contributed by atoms with E-state index < -0.39 is 18.1 Å². The van der Waals surface area contributed by atoms with Crippen LogP contribution < -0.4 is 5.32 Å². The van der Waals surface area contributed by atoms with Crippen molar-refractivity contribution in [2.45, 2.75) is 43.5 Å². The topological polar surface area (TPSA) is 78.9 Å². The van der Waals surface area contributed by atoms with E-state index in [2.05, 4.69) is 5.32 Å². The van der Waals surface area contributed by atoms with Gasteiger partial charge in [0.05, 0.1) is 19.3 Å². The molecule has 23 heavy (non-hydrogen) atoms. The Hall–Kier alpha value is -1.92. The van der Waals surface area contributed by atoms with E-state index in [0.29, 0.717) is 0 Å². The van der Waals surface area contributed by atoms with Crippen molar-refractivity contribution in [3.63, 3.8) is 0 Å². The predicted molar refractivity (Wildman–Crippen MR) is 83.5 cm³/mol. The summed E-state index contributed by atoms with van der Waals surface area (Å²) in [6.07, 6.45) is 1.17. The van der Waals surface area contributed by atoms with Crippen LogP contribution in [0.1, 0.15) is 30.9 Å². The van der Waals surface area contributed by atoms with Gasteiger partial charge in [-0.3, -0.25) is 10.1 Å². The van der Waals surface area contributed by atoms with Crippen LogP contribution in [-0.4, -0.2) is 53.7 Å². The Kier molecular flexibility index (Phi) is 4.63. The number of carbonyl (C=O) groups excluding carboxylic acids is 2. The van der Waals surface area contributed by atoms with Crippen LogP contribution in [0.5, 0.6) is 0 Å². The van der Waals surface area contributed by atoms with Crippen LogP contribution in [-0.2, 0) is 14.3 Å². The molecule has 6 nitrogen and oxygen atoms in total. The molecule has 124 valence electrons. The van der Waals surface area contributed by atoms with Gasteiger partial charge >= 0.3 is 5.97 Å². The fourth-order valence-corrected chi connectivity index (χ4v) is 3.50. The molecule has 3 rings (SSSR count). The number of nitrogens with zero attached hydrogens (tertiary/aromatic N) is 1. The number of aliphatic hydroxyl groups is 1. The minimum atomic E-state index is -0.680. The van der Waals surface area contributed by atoms with Gasteiger partial charge in [-0.25, -0.2) is 4.79 Å². The van der Waals surface area contributed by atoms with Crippen LogP contribution in [0.3, 0.4) is 0 Å². The summed E-state index contributed by atoms with van der Waals surface area (Å²) < 4.78 is 4.75. The van der Waals surface area contributed by atoms with Gasteiger partial charge in [-0.2, -0.15) is 0 Å². The number of amides is 1. The van der Waals surface area contributed by atoms with E-state index in [9.17, 15) is 14.7 Å². The number of carbonyl (C=O) groups is 2. The number of likely N-dealkylation sites (tertiary alicyclic amines) is 1. The molecule has 0 unspecified atom stereocenters. The van der Waals surface area contributed by atoms with Gasteiger partial charge in [-0.15, -0.1) is 0 Å². The Morgan fingerprint density at radius 2 is 2.00 bits per heavy atom. The lowest BCUT2D eigenvalue weighted by Crippen LogP contribution is -2.49. The van der Waals surface area contributed by atoms with Crippen LogP contribution in [0, 0.1) is 0 Å². The van der Waals surface area contributed by atoms with Gasteiger partial charge in [0.15, 0.2) is 0 Å². The first-order valence-corrected chi connectivity index (χ1v) is 7.97. The van der Waals surface area contributed by atoms with E-state index in [0.717, 1.165) is 18.4 Å². The number of aliphatic hydroxyl groups excluding tert-OH is 1. The molecule has 2 aliphatic heterocycles. The molecule has 2 heterocycles.